The van der Waals surface area contributed by atoms with Gasteiger partial charge in [-0.05, 0) is 25.9 Å². The SMILES string of the molecule is O=C(COC1CCNCC1)Cc1cncs1. The second-order valence-corrected chi connectivity index (χ2v) is 4.91. The van der Waals surface area contributed by atoms with Crippen molar-refractivity contribution in [3.05, 3.63) is 16.6 Å². The first-order valence-corrected chi connectivity index (χ1v) is 6.44. The molecule has 0 aliphatic carbocycles. The Balaban J connectivity index is 1.67. The van der Waals surface area contributed by atoms with Crippen molar-refractivity contribution in [2.24, 2.45) is 0 Å². The highest BCUT2D eigenvalue weighted by Gasteiger charge is 2.15. The van der Waals surface area contributed by atoms with Crippen LogP contribution in [0.15, 0.2) is 11.7 Å². The number of hydrogen-bond acceptors (Lipinski definition) is 5. The van der Waals surface area contributed by atoms with Crippen LogP contribution in [0.3, 0.4) is 0 Å². The predicted molar refractivity (Wildman–Crippen MR) is 62.7 cm³/mol. The molecule has 2 heterocycles. The van der Waals surface area contributed by atoms with Gasteiger partial charge in [0.05, 0.1) is 11.6 Å². The quantitative estimate of drug-likeness (QED) is 0.835. The second-order valence-electron chi connectivity index (χ2n) is 3.94. The fourth-order valence-corrected chi connectivity index (χ4v) is 2.37. The van der Waals surface area contributed by atoms with Gasteiger partial charge >= 0.3 is 0 Å². The lowest BCUT2D eigenvalue weighted by molar-refractivity contribution is -0.125. The minimum Gasteiger partial charge on any atom is -0.370 e. The van der Waals surface area contributed by atoms with Gasteiger partial charge in [0.25, 0.3) is 0 Å². The summed E-state index contributed by atoms with van der Waals surface area (Å²) in [4.78, 5) is 16.5. The summed E-state index contributed by atoms with van der Waals surface area (Å²) in [5, 5.41) is 3.27. The molecule has 88 valence electrons. The molecule has 5 heteroatoms. The number of carbonyl (C=O) groups is 1. The van der Waals surface area contributed by atoms with Crippen LogP contribution in [0, 0.1) is 0 Å². The van der Waals surface area contributed by atoms with Crippen molar-refractivity contribution in [1.29, 1.82) is 0 Å². The number of rotatable bonds is 5. The molecule has 1 aliphatic heterocycles. The predicted octanol–water partition coefficient (Wildman–Crippen LogP) is 1.02. The monoisotopic (exact) mass is 240 g/mol. The molecule has 1 aromatic rings. The molecule has 1 fully saturated rings. The van der Waals surface area contributed by atoms with Crippen molar-refractivity contribution >= 4 is 17.1 Å². The van der Waals surface area contributed by atoms with E-state index < -0.39 is 0 Å². The molecule has 1 saturated heterocycles. The maximum Gasteiger partial charge on any atom is 0.163 e. The van der Waals surface area contributed by atoms with Gasteiger partial charge in [0.2, 0.25) is 0 Å². The highest BCUT2D eigenvalue weighted by molar-refractivity contribution is 7.09. The Hall–Kier alpha value is -0.780. The lowest BCUT2D eigenvalue weighted by Crippen LogP contribution is -2.33. The first kappa shape index (κ1) is 11.7. The maximum absolute atomic E-state index is 11.6. The first-order chi connectivity index (χ1) is 7.84. The summed E-state index contributed by atoms with van der Waals surface area (Å²) in [7, 11) is 0. The number of ketones is 1. The molecule has 1 N–H and O–H groups in total. The van der Waals surface area contributed by atoms with Gasteiger partial charge in [-0.3, -0.25) is 9.78 Å². The van der Waals surface area contributed by atoms with Crippen LogP contribution in [0.1, 0.15) is 17.7 Å². The highest BCUT2D eigenvalue weighted by Crippen LogP contribution is 2.09. The molecule has 16 heavy (non-hydrogen) atoms. The van der Waals surface area contributed by atoms with Crippen LogP contribution in [0.4, 0.5) is 0 Å². The Morgan fingerprint density at radius 1 is 1.56 bits per heavy atom. The van der Waals surface area contributed by atoms with E-state index in [9.17, 15) is 4.79 Å². The summed E-state index contributed by atoms with van der Waals surface area (Å²) in [5.74, 6) is 0.141. The lowest BCUT2D eigenvalue weighted by atomic mass is 10.1. The van der Waals surface area contributed by atoms with E-state index in [2.05, 4.69) is 10.3 Å². The topological polar surface area (TPSA) is 51.2 Å². The van der Waals surface area contributed by atoms with E-state index in [1.807, 2.05) is 0 Å². The van der Waals surface area contributed by atoms with Crippen molar-refractivity contribution in [3.63, 3.8) is 0 Å². The standard InChI is InChI=1S/C11H16N2O2S/c14-9(5-11-6-13-8-16-11)7-15-10-1-3-12-4-2-10/h6,8,10,12H,1-5,7H2. The number of thiazole rings is 1. The highest BCUT2D eigenvalue weighted by atomic mass is 32.1. The van der Waals surface area contributed by atoms with Crippen molar-refractivity contribution in [2.45, 2.75) is 25.4 Å². The molecule has 4 nitrogen and oxygen atoms in total. The van der Waals surface area contributed by atoms with E-state index in [1.54, 1.807) is 11.7 Å². The molecule has 0 saturated carbocycles. The number of ether oxygens (including phenoxy) is 1. The number of nitrogens with zero attached hydrogens (tertiary/aromatic N) is 1. The third kappa shape index (κ3) is 3.66. The van der Waals surface area contributed by atoms with E-state index in [0.29, 0.717) is 6.42 Å². The van der Waals surface area contributed by atoms with E-state index in [4.69, 9.17) is 4.74 Å². The van der Waals surface area contributed by atoms with E-state index in [1.165, 1.54) is 11.3 Å². The van der Waals surface area contributed by atoms with Gasteiger partial charge in [0.1, 0.15) is 6.61 Å². The Morgan fingerprint density at radius 2 is 2.38 bits per heavy atom. The number of Topliss-reactive ketones (excluding diaryl/α,β-unsaturated/α-hetero) is 1. The summed E-state index contributed by atoms with van der Waals surface area (Å²) in [6, 6.07) is 0. The Morgan fingerprint density at radius 3 is 3.06 bits per heavy atom. The Bertz CT molecular complexity index is 321. The van der Waals surface area contributed by atoms with Crippen molar-refractivity contribution in [3.8, 4) is 0 Å². The van der Waals surface area contributed by atoms with Gasteiger partial charge in [-0.15, -0.1) is 11.3 Å². The average Bonchev–Trinajstić information content (AvgIpc) is 2.81. The van der Waals surface area contributed by atoms with Gasteiger partial charge in [-0.1, -0.05) is 0 Å². The van der Waals surface area contributed by atoms with Crippen molar-refractivity contribution < 1.29 is 9.53 Å². The minimum absolute atomic E-state index is 0.141. The molecule has 2 rings (SSSR count). The third-order valence-electron chi connectivity index (χ3n) is 2.62. The van der Waals surface area contributed by atoms with Crippen LogP contribution in [0.2, 0.25) is 0 Å². The Labute approximate surface area is 99.0 Å². The van der Waals surface area contributed by atoms with E-state index in [-0.39, 0.29) is 18.5 Å². The summed E-state index contributed by atoms with van der Waals surface area (Å²) >= 11 is 1.52. The maximum atomic E-state index is 11.6. The van der Waals surface area contributed by atoms with Gasteiger partial charge in [0, 0.05) is 17.5 Å². The summed E-state index contributed by atoms with van der Waals surface area (Å²) < 4.78 is 5.59. The summed E-state index contributed by atoms with van der Waals surface area (Å²) in [5.41, 5.74) is 1.75. The first-order valence-electron chi connectivity index (χ1n) is 5.56. The summed E-state index contributed by atoms with van der Waals surface area (Å²) in [6.07, 6.45) is 4.47. The number of piperidine rings is 1. The van der Waals surface area contributed by atoms with Crippen LogP contribution in [-0.4, -0.2) is 36.6 Å². The molecule has 0 spiro atoms. The van der Waals surface area contributed by atoms with Gasteiger partial charge in [0.15, 0.2) is 5.78 Å². The molecule has 0 unspecified atom stereocenters. The number of nitrogens with one attached hydrogen (secondary N) is 1. The molecule has 1 aliphatic rings. The van der Waals surface area contributed by atoms with Crippen molar-refractivity contribution in [1.82, 2.24) is 10.3 Å². The van der Waals surface area contributed by atoms with E-state index in [0.717, 1.165) is 30.8 Å². The van der Waals surface area contributed by atoms with Crippen LogP contribution >= 0.6 is 11.3 Å². The van der Waals surface area contributed by atoms with Gasteiger partial charge < -0.3 is 10.1 Å². The second kappa shape index (κ2) is 6.08. The Kier molecular flexibility index (Phi) is 4.44. The van der Waals surface area contributed by atoms with Crippen LogP contribution in [0.5, 0.6) is 0 Å². The zero-order valence-corrected chi connectivity index (χ0v) is 9.96. The number of aromatic nitrogens is 1. The van der Waals surface area contributed by atoms with Gasteiger partial charge in [-0.25, -0.2) is 0 Å². The smallest absolute Gasteiger partial charge is 0.163 e. The number of hydrogen-bond donors (Lipinski definition) is 1. The molecular formula is C11H16N2O2S. The zero-order chi connectivity index (χ0) is 11.2. The van der Waals surface area contributed by atoms with Crippen LogP contribution in [-0.2, 0) is 16.0 Å². The molecular weight excluding hydrogens is 224 g/mol. The molecule has 0 amide bonds. The molecule has 0 aromatic carbocycles. The number of carbonyl (C=O) groups excluding carboxylic acids is 1. The van der Waals surface area contributed by atoms with E-state index >= 15 is 0 Å². The fourth-order valence-electron chi connectivity index (χ4n) is 1.75. The fraction of sp³-hybridized carbons (Fsp3) is 0.636. The van der Waals surface area contributed by atoms with Gasteiger partial charge in [-0.2, -0.15) is 0 Å². The van der Waals surface area contributed by atoms with Crippen LogP contribution in [0.25, 0.3) is 0 Å². The summed E-state index contributed by atoms with van der Waals surface area (Å²) in [6.45, 7) is 2.23. The average molecular weight is 240 g/mol. The normalized spacial score (nSPS) is 17.5. The minimum atomic E-state index is 0.141. The van der Waals surface area contributed by atoms with Crippen LogP contribution < -0.4 is 5.32 Å². The zero-order valence-electron chi connectivity index (χ0n) is 9.15. The molecule has 1 aromatic heterocycles. The third-order valence-corrected chi connectivity index (χ3v) is 3.40. The van der Waals surface area contributed by atoms with Crippen molar-refractivity contribution in [2.75, 3.05) is 19.7 Å². The lowest BCUT2D eigenvalue weighted by Gasteiger charge is -2.22. The molecule has 0 radical (unpaired) electrons. The molecule has 0 atom stereocenters. The molecule has 0 bridgehead atoms. The largest absolute Gasteiger partial charge is 0.370 e.